The number of ether oxygens (including phenoxy) is 2. The van der Waals surface area contributed by atoms with E-state index >= 15 is 0 Å². The number of nitrogens with one attached hydrogen (secondary N) is 2. The molecule has 2 aromatic heterocycles. The molecule has 4 aromatic rings. The molecule has 0 fully saturated rings. The Morgan fingerprint density at radius 3 is 2.70 bits per heavy atom. The van der Waals surface area contributed by atoms with E-state index in [1.807, 2.05) is 18.2 Å². The molecule has 0 aliphatic carbocycles. The van der Waals surface area contributed by atoms with Crippen LogP contribution in [-0.2, 0) is 0 Å². The zero-order valence-electron chi connectivity index (χ0n) is 16.5. The van der Waals surface area contributed by atoms with Gasteiger partial charge in [-0.2, -0.15) is 0 Å². The van der Waals surface area contributed by atoms with Gasteiger partial charge in [-0.15, -0.1) is 0 Å². The fourth-order valence-electron chi connectivity index (χ4n) is 3.32. The Labute approximate surface area is 172 Å². The van der Waals surface area contributed by atoms with Gasteiger partial charge >= 0.3 is 0 Å². The molecule has 152 valence electrons. The van der Waals surface area contributed by atoms with Crippen molar-refractivity contribution in [2.45, 2.75) is 6.04 Å². The second-order valence-corrected chi connectivity index (χ2v) is 6.70. The highest BCUT2D eigenvalue weighted by molar-refractivity contribution is 6.11. The minimum atomic E-state index is -0.752. The zero-order chi connectivity index (χ0) is 21.1. The van der Waals surface area contributed by atoms with Gasteiger partial charge in [0.25, 0.3) is 0 Å². The van der Waals surface area contributed by atoms with Gasteiger partial charge in [0, 0.05) is 52.2 Å². The summed E-state index contributed by atoms with van der Waals surface area (Å²) < 4.78 is 24.2. The van der Waals surface area contributed by atoms with Crippen LogP contribution in [0.15, 0.2) is 67.0 Å². The normalized spacial score (nSPS) is 11.8. The van der Waals surface area contributed by atoms with Crippen molar-refractivity contribution in [1.29, 1.82) is 0 Å². The number of pyridine rings is 1. The van der Waals surface area contributed by atoms with Gasteiger partial charge in [0.05, 0.1) is 14.2 Å². The lowest BCUT2D eigenvalue weighted by Crippen LogP contribution is -2.21. The Hall–Kier alpha value is -3.87. The van der Waals surface area contributed by atoms with Crippen molar-refractivity contribution in [2.24, 2.45) is 0 Å². The maximum Gasteiger partial charge on any atom is 0.212 e. The summed E-state index contributed by atoms with van der Waals surface area (Å²) in [5.74, 6) is 0.481. The Bertz CT molecular complexity index is 1190. The molecule has 2 N–H and O–H groups in total. The average molecular weight is 405 g/mol. The van der Waals surface area contributed by atoms with Crippen LogP contribution in [0.2, 0.25) is 0 Å². The first-order valence-electron chi connectivity index (χ1n) is 9.30. The quantitative estimate of drug-likeness (QED) is 0.434. The molecular formula is C23H20FN3O3. The molecule has 0 amide bonds. The van der Waals surface area contributed by atoms with Gasteiger partial charge in [-0.05, 0) is 36.4 Å². The summed E-state index contributed by atoms with van der Waals surface area (Å²) in [5.41, 5.74) is 2.43. The number of fused-ring (bicyclic) bond motifs is 1. The van der Waals surface area contributed by atoms with Crippen LogP contribution < -0.4 is 14.8 Å². The number of nitrogens with zero attached hydrogens (tertiary/aromatic N) is 1. The van der Waals surface area contributed by atoms with Gasteiger partial charge in [0.1, 0.15) is 17.6 Å². The lowest BCUT2D eigenvalue weighted by atomic mass is 9.97. The Balaban J connectivity index is 1.76. The maximum absolute atomic E-state index is 13.8. The minimum absolute atomic E-state index is 0.221. The average Bonchev–Trinajstić information content (AvgIpc) is 3.20. The smallest absolute Gasteiger partial charge is 0.212 e. The number of H-pyrrole nitrogens is 1. The number of anilines is 1. The first-order valence-corrected chi connectivity index (χ1v) is 9.30. The SMILES string of the molecule is COc1cccc(NC(C(=O)c2c[nH]c3ccc(F)cc23)c2ccc(OC)nc2)c1. The van der Waals surface area contributed by atoms with Crippen molar-refractivity contribution in [2.75, 3.05) is 19.5 Å². The summed E-state index contributed by atoms with van der Waals surface area (Å²) in [5, 5.41) is 3.78. The molecule has 4 rings (SSSR count). The van der Waals surface area contributed by atoms with E-state index in [1.54, 1.807) is 43.8 Å². The second-order valence-electron chi connectivity index (χ2n) is 6.70. The molecule has 2 heterocycles. The van der Waals surface area contributed by atoms with Gasteiger partial charge in [-0.1, -0.05) is 6.07 Å². The minimum Gasteiger partial charge on any atom is -0.497 e. The number of Topliss-reactive ketones (excluding diaryl/α,β-unsaturated/α-hetero) is 1. The first-order chi connectivity index (χ1) is 14.6. The molecule has 6 nitrogen and oxygen atoms in total. The molecule has 0 aliphatic heterocycles. The lowest BCUT2D eigenvalue weighted by Gasteiger charge is -2.19. The molecule has 1 unspecified atom stereocenters. The fourth-order valence-corrected chi connectivity index (χ4v) is 3.32. The highest BCUT2D eigenvalue weighted by Crippen LogP contribution is 2.29. The summed E-state index contributed by atoms with van der Waals surface area (Å²) in [6, 6.07) is 14.3. The zero-order valence-corrected chi connectivity index (χ0v) is 16.5. The van der Waals surface area contributed by atoms with Crippen LogP contribution in [0.25, 0.3) is 10.9 Å². The third-order valence-electron chi connectivity index (χ3n) is 4.85. The van der Waals surface area contributed by atoms with Crippen LogP contribution in [0, 0.1) is 5.82 Å². The molecule has 0 saturated heterocycles. The van der Waals surface area contributed by atoms with Gasteiger partial charge < -0.3 is 19.8 Å². The van der Waals surface area contributed by atoms with E-state index in [2.05, 4.69) is 15.3 Å². The van der Waals surface area contributed by atoms with Crippen LogP contribution in [0.1, 0.15) is 22.0 Å². The Kier molecular flexibility index (Phi) is 5.34. The molecule has 1 atom stereocenters. The van der Waals surface area contributed by atoms with Crippen molar-refractivity contribution in [3.63, 3.8) is 0 Å². The largest absolute Gasteiger partial charge is 0.497 e. The van der Waals surface area contributed by atoms with E-state index in [1.165, 1.54) is 19.2 Å². The van der Waals surface area contributed by atoms with E-state index in [0.717, 1.165) is 0 Å². The van der Waals surface area contributed by atoms with Gasteiger partial charge in [-0.25, -0.2) is 9.37 Å². The summed E-state index contributed by atoms with van der Waals surface area (Å²) in [6.07, 6.45) is 3.19. The molecule has 30 heavy (non-hydrogen) atoms. The predicted molar refractivity (Wildman–Crippen MR) is 113 cm³/mol. The highest BCUT2D eigenvalue weighted by atomic mass is 19.1. The number of methoxy groups -OCH3 is 2. The number of ketones is 1. The number of hydrogen-bond donors (Lipinski definition) is 2. The number of hydrogen-bond acceptors (Lipinski definition) is 5. The monoisotopic (exact) mass is 405 g/mol. The lowest BCUT2D eigenvalue weighted by molar-refractivity contribution is 0.0971. The first kappa shape index (κ1) is 19.4. The molecular weight excluding hydrogens is 385 g/mol. The fraction of sp³-hybridized carbons (Fsp3) is 0.130. The topological polar surface area (TPSA) is 76.2 Å². The van der Waals surface area contributed by atoms with Crippen molar-refractivity contribution in [1.82, 2.24) is 9.97 Å². The van der Waals surface area contributed by atoms with Crippen molar-refractivity contribution in [3.8, 4) is 11.6 Å². The Morgan fingerprint density at radius 1 is 1.10 bits per heavy atom. The number of halogens is 1. The number of benzene rings is 2. The van der Waals surface area contributed by atoms with Crippen LogP contribution in [0.4, 0.5) is 10.1 Å². The van der Waals surface area contributed by atoms with Crippen molar-refractivity contribution >= 4 is 22.4 Å². The van der Waals surface area contributed by atoms with E-state index in [4.69, 9.17) is 9.47 Å². The molecule has 2 aromatic carbocycles. The second kappa shape index (κ2) is 8.24. The number of aromatic amines is 1. The molecule has 7 heteroatoms. The molecule has 0 radical (unpaired) electrons. The number of aromatic nitrogens is 2. The summed E-state index contributed by atoms with van der Waals surface area (Å²) in [7, 11) is 3.11. The standard InChI is InChI=1S/C23H20FN3O3/c1-29-17-5-3-4-16(11-17)27-22(14-6-9-21(30-2)26-12-14)23(28)19-13-25-20-8-7-15(24)10-18(19)20/h3-13,22,25,27H,1-2H3. The Morgan fingerprint density at radius 2 is 1.97 bits per heavy atom. The summed E-state index contributed by atoms with van der Waals surface area (Å²) >= 11 is 0. The number of carbonyl (C=O) groups is 1. The van der Waals surface area contributed by atoms with E-state index in [9.17, 15) is 9.18 Å². The molecule has 0 bridgehead atoms. The number of carbonyl (C=O) groups excluding carboxylic acids is 1. The third-order valence-corrected chi connectivity index (χ3v) is 4.85. The third kappa shape index (κ3) is 3.82. The van der Waals surface area contributed by atoms with E-state index in [0.29, 0.717) is 39.3 Å². The van der Waals surface area contributed by atoms with E-state index in [-0.39, 0.29) is 5.78 Å². The predicted octanol–water partition coefficient (Wildman–Crippen LogP) is 4.76. The number of rotatable bonds is 7. The maximum atomic E-state index is 13.8. The molecule has 0 aliphatic rings. The van der Waals surface area contributed by atoms with Crippen molar-refractivity contribution < 1.29 is 18.7 Å². The van der Waals surface area contributed by atoms with Crippen LogP contribution in [-0.4, -0.2) is 30.0 Å². The summed E-state index contributed by atoms with van der Waals surface area (Å²) in [6.45, 7) is 0. The summed E-state index contributed by atoms with van der Waals surface area (Å²) in [4.78, 5) is 20.8. The van der Waals surface area contributed by atoms with E-state index < -0.39 is 11.9 Å². The van der Waals surface area contributed by atoms with Gasteiger partial charge in [0.15, 0.2) is 5.78 Å². The van der Waals surface area contributed by atoms with Crippen LogP contribution in [0.5, 0.6) is 11.6 Å². The van der Waals surface area contributed by atoms with Gasteiger partial charge in [0.2, 0.25) is 5.88 Å². The van der Waals surface area contributed by atoms with Crippen molar-refractivity contribution in [3.05, 3.63) is 83.9 Å². The molecule has 0 saturated carbocycles. The van der Waals surface area contributed by atoms with Crippen LogP contribution in [0.3, 0.4) is 0 Å². The van der Waals surface area contributed by atoms with Crippen LogP contribution >= 0.6 is 0 Å². The van der Waals surface area contributed by atoms with Gasteiger partial charge in [-0.3, -0.25) is 4.79 Å². The highest BCUT2D eigenvalue weighted by Gasteiger charge is 2.25. The molecule has 0 spiro atoms.